The van der Waals surface area contributed by atoms with Crippen molar-refractivity contribution < 1.29 is 4.79 Å². The van der Waals surface area contributed by atoms with Gasteiger partial charge < -0.3 is 0 Å². The lowest BCUT2D eigenvalue weighted by Gasteiger charge is -1.99. The molecular formula is C13H12N2O. The van der Waals surface area contributed by atoms with Crippen molar-refractivity contribution in [2.24, 2.45) is 0 Å². The summed E-state index contributed by atoms with van der Waals surface area (Å²) >= 11 is 0. The Labute approximate surface area is 94.2 Å². The third-order valence-corrected chi connectivity index (χ3v) is 2.29. The largest absolute Gasteiger partial charge is 0.294 e. The Balaban J connectivity index is 1.95. The van der Waals surface area contributed by atoms with Crippen molar-refractivity contribution in [3.05, 3.63) is 60.2 Å². The Morgan fingerprint density at radius 1 is 1.00 bits per heavy atom. The van der Waals surface area contributed by atoms with Gasteiger partial charge in [-0.05, 0) is 6.07 Å². The molecule has 0 N–H and O–H groups in total. The maximum Gasteiger partial charge on any atom is 0.163 e. The normalized spacial score (nSPS) is 10.0. The van der Waals surface area contributed by atoms with Crippen LogP contribution in [0.5, 0.6) is 0 Å². The van der Waals surface area contributed by atoms with Gasteiger partial charge in [-0.3, -0.25) is 4.79 Å². The van der Waals surface area contributed by atoms with Gasteiger partial charge in [0.15, 0.2) is 5.78 Å². The second kappa shape index (κ2) is 5.16. The van der Waals surface area contributed by atoms with Crippen molar-refractivity contribution in [2.45, 2.75) is 12.8 Å². The van der Waals surface area contributed by atoms with Crippen LogP contribution in [0.15, 0.2) is 48.8 Å². The van der Waals surface area contributed by atoms with Crippen LogP contribution in [-0.4, -0.2) is 15.8 Å². The molecule has 2 aromatic rings. The van der Waals surface area contributed by atoms with E-state index < -0.39 is 0 Å². The Hall–Kier alpha value is -2.03. The molecule has 0 atom stereocenters. The molecule has 0 spiro atoms. The van der Waals surface area contributed by atoms with Gasteiger partial charge in [0, 0.05) is 30.8 Å². The molecule has 16 heavy (non-hydrogen) atoms. The van der Waals surface area contributed by atoms with Crippen molar-refractivity contribution in [1.29, 1.82) is 0 Å². The molecule has 2 rings (SSSR count). The van der Waals surface area contributed by atoms with Crippen molar-refractivity contribution >= 4 is 5.78 Å². The van der Waals surface area contributed by atoms with E-state index in [4.69, 9.17) is 0 Å². The average molecular weight is 212 g/mol. The van der Waals surface area contributed by atoms with Crippen LogP contribution in [0.4, 0.5) is 0 Å². The molecule has 0 bridgehead atoms. The SMILES string of the molecule is O=C(CCc1ncccn1)c1ccccc1. The van der Waals surface area contributed by atoms with Gasteiger partial charge in [-0.25, -0.2) is 9.97 Å². The second-order valence-corrected chi connectivity index (χ2v) is 3.45. The molecule has 1 heterocycles. The topological polar surface area (TPSA) is 42.9 Å². The molecule has 0 aliphatic heterocycles. The Kier molecular flexibility index (Phi) is 3.38. The van der Waals surface area contributed by atoms with Gasteiger partial charge in [-0.15, -0.1) is 0 Å². The van der Waals surface area contributed by atoms with E-state index in [1.54, 1.807) is 18.5 Å². The summed E-state index contributed by atoms with van der Waals surface area (Å²) in [5, 5.41) is 0. The molecule has 1 aromatic heterocycles. The van der Waals surface area contributed by atoms with E-state index in [0.717, 1.165) is 5.56 Å². The smallest absolute Gasteiger partial charge is 0.163 e. The van der Waals surface area contributed by atoms with Gasteiger partial charge in [0.05, 0.1) is 0 Å². The maximum atomic E-state index is 11.8. The number of carbonyl (C=O) groups is 1. The number of benzene rings is 1. The average Bonchev–Trinajstić information content (AvgIpc) is 2.38. The standard InChI is InChI=1S/C13H12N2O/c16-12(11-5-2-1-3-6-11)7-8-13-14-9-4-10-15-13/h1-6,9-10H,7-8H2. The van der Waals surface area contributed by atoms with Crippen LogP contribution in [0.1, 0.15) is 22.6 Å². The predicted molar refractivity (Wildman–Crippen MR) is 61.1 cm³/mol. The third kappa shape index (κ3) is 2.73. The van der Waals surface area contributed by atoms with Gasteiger partial charge in [0.1, 0.15) is 5.82 Å². The lowest BCUT2D eigenvalue weighted by atomic mass is 10.1. The number of hydrogen-bond donors (Lipinski definition) is 0. The number of rotatable bonds is 4. The molecule has 1 aromatic carbocycles. The molecule has 0 aliphatic rings. The van der Waals surface area contributed by atoms with Crippen LogP contribution in [0, 0.1) is 0 Å². The van der Waals surface area contributed by atoms with Crippen LogP contribution in [0.25, 0.3) is 0 Å². The third-order valence-electron chi connectivity index (χ3n) is 2.29. The van der Waals surface area contributed by atoms with Crippen molar-refractivity contribution in [1.82, 2.24) is 9.97 Å². The first-order valence-corrected chi connectivity index (χ1v) is 5.20. The molecule has 0 aliphatic carbocycles. The first kappa shape index (κ1) is 10.5. The quantitative estimate of drug-likeness (QED) is 0.730. The van der Waals surface area contributed by atoms with Gasteiger partial charge in [0.2, 0.25) is 0 Å². The van der Waals surface area contributed by atoms with Gasteiger partial charge in [-0.1, -0.05) is 30.3 Å². The monoisotopic (exact) mass is 212 g/mol. The molecule has 3 heteroatoms. The summed E-state index contributed by atoms with van der Waals surface area (Å²) in [6, 6.07) is 11.1. The fourth-order valence-electron chi connectivity index (χ4n) is 1.45. The Morgan fingerprint density at radius 2 is 1.69 bits per heavy atom. The summed E-state index contributed by atoms with van der Waals surface area (Å²) in [4.78, 5) is 19.9. The van der Waals surface area contributed by atoms with Crippen molar-refractivity contribution in [3.63, 3.8) is 0 Å². The van der Waals surface area contributed by atoms with E-state index in [-0.39, 0.29) is 5.78 Å². The van der Waals surface area contributed by atoms with Gasteiger partial charge in [-0.2, -0.15) is 0 Å². The Morgan fingerprint density at radius 3 is 2.38 bits per heavy atom. The zero-order valence-corrected chi connectivity index (χ0v) is 8.84. The highest BCUT2D eigenvalue weighted by Gasteiger charge is 2.05. The molecule has 0 unspecified atom stereocenters. The van der Waals surface area contributed by atoms with Crippen LogP contribution in [0.2, 0.25) is 0 Å². The number of hydrogen-bond acceptors (Lipinski definition) is 3. The number of nitrogens with zero attached hydrogens (tertiary/aromatic N) is 2. The van der Waals surface area contributed by atoms with E-state index >= 15 is 0 Å². The summed E-state index contributed by atoms with van der Waals surface area (Å²) < 4.78 is 0. The van der Waals surface area contributed by atoms with Crippen molar-refractivity contribution in [3.8, 4) is 0 Å². The van der Waals surface area contributed by atoms with Crippen LogP contribution >= 0.6 is 0 Å². The number of aromatic nitrogens is 2. The van der Waals surface area contributed by atoms with E-state index in [1.165, 1.54) is 0 Å². The minimum absolute atomic E-state index is 0.132. The maximum absolute atomic E-state index is 11.8. The first-order chi connectivity index (χ1) is 7.86. The molecule has 0 radical (unpaired) electrons. The fourth-order valence-corrected chi connectivity index (χ4v) is 1.45. The highest BCUT2D eigenvalue weighted by molar-refractivity contribution is 5.96. The van der Waals surface area contributed by atoms with Crippen LogP contribution < -0.4 is 0 Å². The van der Waals surface area contributed by atoms with Gasteiger partial charge >= 0.3 is 0 Å². The molecule has 0 amide bonds. The number of aryl methyl sites for hydroxylation is 1. The van der Waals surface area contributed by atoms with Gasteiger partial charge in [0.25, 0.3) is 0 Å². The summed E-state index contributed by atoms with van der Waals surface area (Å²) in [6.07, 6.45) is 4.42. The van der Waals surface area contributed by atoms with E-state index in [0.29, 0.717) is 18.7 Å². The van der Waals surface area contributed by atoms with Crippen molar-refractivity contribution in [2.75, 3.05) is 0 Å². The van der Waals surface area contributed by atoms with E-state index in [9.17, 15) is 4.79 Å². The highest BCUT2D eigenvalue weighted by Crippen LogP contribution is 2.05. The van der Waals surface area contributed by atoms with Crippen LogP contribution in [0.3, 0.4) is 0 Å². The summed E-state index contributed by atoms with van der Waals surface area (Å²) in [6.45, 7) is 0. The second-order valence-electron chi connectivity index (χ2n) is 3.45. The highest BCUT2D eigenvalue weighted by atomic mass is 16.1. The molecule has 80 valence electrons. The fraction of sp³-hybridized carbons (Fsp3) is 0.154. The minimum Gasteiger partial charge on any atom is -0.294 e. The zero-order chi connectivity index (χ0) is 11.2. The number of ketones is 1. The van der Waals surface area contributed by atoms with Crippen LogP contribution in [-0.2, 0) is 6.42 Å². The lowest BCUT2D eigenvalue weighted by Crippen LogP contribution is -2.03. The minimum atomic E-state index is 0.132. The lowest BCUT2D eigenvalue weighted by molar-refractivity contribution is 0.0982. The van der Waals surface area contributed by atoms with E-state index in [1.807, 2.05) is 30.3 Å². The number of Topliss-reactive ketones (excluding diaryl/α,β-unsaturated/α-hetero) is 1. The molecule has 0 saturated carbocycles. The summed E-state index contributed by atoms with van der Waals surface area (Å²) in [5.74, 6) is 0.847. The zero-order valence-electron chi connectivity index (χ0n) is 8.84. The molecule has 0 fully saturated rings. The number of carbonyl (C=O) groups excluding carboxylic acids is 1. The molecular weight excluding hydrogens is 200 g/mol. The molecule has 0 saturated heterocycles. The van der Waals surface area contributed by atoms with E-state index in [2.05, 4.69) is 9.97 Å². The summed E-state index contributed by atoms with van der Waals surface area (Å²) in [7, 11) is 0. The predicted octanol–water partition coefficient (Wildman–Crippen LogP) is 2.29. The Bertz CT molecular complexity index is 454. The molecule has 3 nitrogen and oxygen atoms in total. The summed E-state index contributed by atoms with van der Waals surface area (Å²) in [5.41, 5.74) is 0.749. The first-order valence-electron chi connectivity index (χ1n) is 5.20.